The quantitative estimate of drug-likeness (QED) is 0.602. The molecule has 2 aromatic heterocycles. The molecule has 0 amide bonds. The number of rotatable bonds is 7. The number of pyridine rings is 1. The van der Waals surface area contributed by atoms with Gasteiger partial charge in [-0.2, -0.15) is 15.0 Å². The monoisotopic (exact) mass is 350 g/mol. The molecule has 7 heteroatoms. The first-order valence-electron chi connectivity index (χ1n) is 8.39. The molecule has 3 rings (SSSR count). The van der Waals surface area contributed by atoms with Gasteiger partial charge >= 0.3 is 0 Å². The number of hydrogen-bond acceptors (Lipinski definition) is 7. The summed E-state index contributed by atoms with van der Waals surface area (Å²) >= 11 is 0. The number of aromatic nitrogens is 4. The second-order valence-electron chi connectivity index (χ2n) is 6.71. The van der Waals surface area contributed by atoms with Gasteiger partial charge in [0.15, 0.2) is 5.82 Å². The van der Waals surface area contributed by atoms with Crippen molar-refractivity contribution in [3.8, 4) is 11.4 Å². The number of nitrogens with zero attached hydrogens (tertiary/aromatic N) is 4. The Hall–Kier alpha value is -3.06. The van der Waals surface area contributed by atoms with Crippen LogP contribution in [0.3, 0.4) is 0 Å². The van der Waals surface area contributed by atoms with E-state index in [4.69, 9.17) is 0 Å². The first kappa shape index (κ1) is 17.8. The van der Waals surface area contributed by atoms with Crippen molar-refractivity contribution in [2.24, 2.45) is 5.41 Å². The van der Waals surface area contributed by atoms with Gasteiger partial charge in [0, 0.05) is 42.2 Å². The van der Waals surface area contributed by atoms with Gasteiger partial charge in [0.25, 0.3) is 0 Å². The minimum absolute atomic E-state index is 0.0682. The largest absolute Gasteiger partial charge is 0.396 e. The molecule has 0 saturated carbocycles. The lowest BCUT2D eigenvalue weighted by atomic mass is 9.95. The van der Waals surface area contributed by atoms with Crippen LogP contribution in [0.25, 0.3) is 11.4 Å². The van der Waals surface area contributed by atoms with E-state index in [2.05, 4.69) is 30.6 Å². The predicted molar refractivity (Wildman–Crippen MR) is 102 cm³/mol. The molecule has 0 bridgehead atoms. The van der Waals surface area contributed by atoms with Gasteiger partial charge in [-0.1, -0.05) is 44.2 Å². The van der Waals surface area contributed by atoms with Crippen LogP contribution in [0.1, 0.15) is 13.8 Å². The SMILES string of the molecule is CC(C)(CO)CNc1nc(Nc2ccncc2)nc(-c2ccccc2)n1. The molecule has 0 fully saturated rings. The second-order valence-corrected chi connectivity index (χ2v) is 6.71. The fraction of sp³-hybridized carbons (Fsp3) is 0.263. The number of hydrogen-bond donors (Lipinski definition) is 3. The third kappa shape index (κ3) is 4.73. The highest BCUT2D eigenvalue weighted by Crippen LogP contribution is 2.21. The Balaban J connectivity index is 1.91. The molecule has 0 aliphatic carbocycles. The van der Waals surface area contributed by atoms with Crippen molar-refractivity contribution < 1.29 is 5.11 Å². The lowest BCUT2D eigenvalue weighted by Gasteiger charge is -2.22. The summed E-state index contributed by atoms with van der Waals surface area (Å²) in [5, 5.41) is 15.8. The van der Waals surface area contributed by atoms with Crippen molar-refractivity contribution in [1.82, 2.24) is 19.9 Å². The Labute approximate surface area is 152 Å². The average molecular weight is 350 g/mol. The maximum atomic E-state index is 9.44. The van der Waals surface area contributed by atoms with Gasteiger partial charge in [-0.25, -0.2) is 0 Å². The Morgan fingerprint density at radius 1 is 0.923 bits per heavy atom. The van der Waals surface area contributed by atoms with Crippen LogP contribution in [0.5, 0.6) is 0 Å². The maximum Gasteiger partial charge on any atom is 0.232 e. The van der Waals surface area contributed by atoms with Crippen molar-refractivity contribution >= 4 is 17.6 Å². The molecule has 0 aliphatic heterocycles. The van der Waals surface area contributed by atoms with Gasteiger partial charge in [0.05, 0.1) is 0 Å². The summed E-state index contributed by atoms with van der Waals surface area (Å²) in [5.74, 6) is 1.47. The van der Waals surface area contributed by atoms with Crippen LogP contribution in [0.2, 0.25) is 0 Å². The molecule has 2 heterocycles. The first-order valence-corrected chi connectivity index (χ1v) is 8.39. The van der Waals surface area contributed by atoms with E-state index in [1.165, 1.54) is 0 Å². The summed E-state index contributed by atoms with van der Waals surface area (Å²) in [6, 6.07) is 13.4. The first-order chi connectivity index (χ1) is 12.6. The third-order valence-electron chi connectivity index (χ3n) is 3.76. The van der Waals surface area contributed by atoms with E-state index in [-0.39, 0.29) is 12.0 Å². The van der Waals surface area contributed by atoms with E-state index >= 15 is 0 Å². The highest BCUT2D eigenvalue weighted by molar-refractivity contribution is 5.60. The van der Waals surface area contributed by atoms with E-state index in [9.17, 15) is 5.11 Å². The summed E-state index contributed by atoms with van der Waals surface area (Å²) in [4.78, 5) is 17.5. The minimum atomic E-state index is -0.280. The fourth-order valence-corrected chi connectivity index (χ4v) is 2.17. The van der Waals surface area contributed by atoms with Crippen molar-refractivity contribution in [3.63, 3.8) is 0 Å². The number of anilines is 3. The van der Waals surface area contributed by atoms with Crippen LogP contribution in [-0.4, -0.2) is 38.2 Å². The lowest BCUT2D eigenvalue weighted by molar-refractivity contribution is 0.170. The molecule has 26 heavy (non-hydrogen) atoms. The van der Waals surface area contributed by atoms with Crippen LogP contribution in [0.4, 0.5) is 17.6 Å². The Kier molecular flexibility index (Phi) is 5.38. The minimum Gasteiger partial charge on any atom is -0.396 e. The van der Waals surface area contributed by atoms with E-state index in [1.54, 1.807) is 12.4 Å². The van der Waals surface area contributed by atoms with E-state index in [1.807, 2.05) is 56.3 Å². The summed E-state index contributed by atoms with van der Waals surface area (Å²) < 4.78 is 0. The van der Waals surface area contributed by atoms with Crippen LogP contribution >= 0.6 is 0 Å². The van der Waals surface area contributed by atoms with E-state index in [0.29, 0.717) is 24.3 Å². The van der Waals surface area contributed by atoms with Crippen molar-refractivity contribution in [2.45, 2.75) is 13.8 Å². The Morgan fingerprint density at radius 2 is 1.62 bits per heavy atom. The van der Waals surface area contributed by atoms with Gasteiger partial charge in [0.2, 0.25) is 11.9 Å². The van der Waals surface area contributed by atoms with E-state index in [0.717, 1.165) is 11.3 Å². The van der Waals surface area contributed by atoms with Crippen LogP contribution in [0.15, 0.2) is 54.9 Å². The lowest BCUT2D eigenvalue weighted by Crippen LogP contribution is -2.27. The molecule has 0 spiro atoms. The van der Waals surface area contributed by atoms with Gasteiger partial charge in [-0.15, -0.1) is 0 Å². The zero-order chi connectivity index (χ0) is 18.4. The van der Waals surface area contributed by atoms with Gasteiger partial charge in [0.1, 0.15) is 0 Å². The zero-order valence-electron chi connectivity index (χ0n) is 14.8. The molecule has 1 aromatic carbocycles. The molecule has 7 nitrogen and oxygen atoms in total. The standard InChI is InChI=1S/C19H22N6O/c1-19(2,13-26)12-21-17-23-16(14-6-4-3-5-7-14)24-18(25-17)22-15-8-10-20-11-9-15/h3-11,26H,12-13H2,1-2H3,(H2,20,21,22,23,24,25). The highest BCUT2D eigenvalue weighted by atomic mass is 16.3. The van der Waals surface area contributed by atoms with Gasteiger partial charge < -0.3 is 15.7 Å². The number of aliphatic hydroxyl groups is 1. The topological polar surface area (TPSA) is 95.8 Å². The van der Waals surface area contributed by atoms with Crippen LogP contribution in [0, 0.1) is 5.41 Å². The van der Waals surface area contributed by atoms with Crippen molar-refractivity contribution in [3.05, 3.63) is 54.9 Å². The van der Waals surface area contributed by atoms with Crippen molar-refractivity contribution in [1.29, 1.82) is 0 Å². The maximum absolute atomic E-state index is 9.44. The summed E-state index contributed by atoms with van der Waals surface area (Å²) in [6.45, 7) is 4.54. The van der Waals surface area contributed by atoms with Gasteiger partial charge in [-0.05, 0) is 12.1 Å². The summed E-state index contributed by atoms with van der Waals surface area (Å²) in [5.41, 5.74) is 1.46. The number of aliphatic hydroxyl groups excluding tert-OH is 1. The zero-order valence-corrected chi connectivity index (χ0v) is 14.8. The van der Waals surface area contributed by atoms with Crippen LogP contribution < -0.4 is 10.6 Å². The molecular formula is C19H22N6O. The van der Waals surface area contributed by atoms with Crippen LogP contribution in [-0.2, 0) is 0 Å². The second kappa shape index (κ2) is 7.88. The molecule has 0 radical (unpaired) electrons. The van der Waals surface area contributed by atoms with Gasteiger partial charge in [-0.3, -0.25) is 4.98 Å². The number of benzene rings is 1. The predicted octanol–water partition coefficient (Wildman–Crippen LogP) is 3.11. The molecule has 0 saturated heterocycles. The molecule has 134 valence electrons. The Bertz CT molecular complexity index is 839. The molecule has 0 aliphatic rings. The molecule has 0 atom stereocenters. The molecular weight excluding hydrogens is 328 g/mol. The Morgan fingerprint density at radius 3 is 2.31 bits per heavy atom. The fourth-order valence-electron chi connectivity index (χ4n) is 2.17. The third-order valence-corrected chi connectivity index (χ3v) is 3.76. The molecule has 3 N–H and O–H groups in total. The smallest absolute Gasteiger partial charge is 0.232 e. The summed E-state index contributed by atoms with van der Waals surface area (Å²) in [6.07, 6.45) is 3.40. The highest BCUT2D eigenvalue weighted by Gasteiger charge is 2.17. The normalized spacial score (nSPS) is 11.2. The van der Waals surface area contributed by atoms with Crippen molar-refractivity contribution in [2.75, 3.05) is 23.8 Å². The van der Waals surface area contributed by atoms with E-state index < -0.39 is 0 Å². The molecule has 0 unspecified atom stereocenters. The summed E-state index contributed by atoms with van der Waals surface area (Å²) in [7, 11) is 0. The number of nitrogens with one attached hydrogen (secondary N) is 2. The molecule has 3 aromatic rings. The average Bonchev–Trinajstić information content (AvgIpc) is 2.68.